The number of carbonyl (C=O) groups is 1. The second kappa shape index (κ2) is 8.91. The molecule has 0 aliphatic carbocycles. The number of nitrogens with zero attached hydrogens (tertiary/aromatic N) is 3. The third-order valence-electron chi connectivity index (χ3n) is 5.70. The van der Waals surface area contributed by atoms with E-state index in [1.165, 1.54) is 16.7 Å². The molecular formula is C22H26FN7O2. The molecule has 1 aliphatic heterocycles. The van der Waals surface area contributed by atoms with Crippen LogP contribution in [0.1, 0.15) is 18.4 Å². The molecule has 2 amide bonds. The molecule has 10 heteroatoms. The van der Waals surface area contributed by atoms with Crippen molar-refractivity contribution in [3.05, 3.63) is 46.1 Å². The van der Waals surface area contributed by atoms with Gasteiger partial charge in [-0.1, -0.05) is 0 Å². The predicted octanol–water partition coefficient (Wildman–Crippen LogP) is 2.36. The fourth-order valence-electron chi connectivity index (χ4n) is 3.93. The molecule has 0 atom stereocenters. The van der Waals surface area contributed by atoms with Crippen LogP contribution in [-0.4, -0.2) is 46.7 Å². The third-order valence-corrected chi connectivity index (χ3v) is 5.70. The molecule has 0 bridgehead atoms. The summed E-state index contributed by atoms with van der Waals surface area (Å²) >= 11 is 0. The fourth-order valence-corrected chi connectivity index (χ4v) is 3.93. The van der Waals surface area contributed by atoms with Gasteiger partial charge >= 0.3 is 6.03 Å². The maximum atomic E-state index is 14.6. The minimum atomic E-state index is -0.564. The highest BCUT2D eigenvalue weighted by molar-refractivity contribution is 5.91. The van der Waals surface area contributed by atoms with E-state index in [1.807, 2.05) is 0 Å². The first-order valence-corrected chi connectivity index (χ1v) is 10.5. The van der Waals surface area contributed by atoms with Crippen molar-refractivity contribution in [3.63, 3.8) is 0 Å². The Hall–Kier alpha value is -3.53. The van der Waals surface area contributed by atoms with Gasteiger partial charge in [-0.2, -0.15) is 4.98 Å². The number of halogens is 1. The van der Waals surface area contributed by atoms with Crippen LogP contribution in [0.4, 0.5) is 20.8 Å². The summed E-state index contributed by atoms with van der Waals surface area (Å²) in [5.74, 6) is -0.157. The maximum absolute atomic E-state index is 14.6. The molecule has 4 N–H and O–H groups in total. The molecule has 32 heavy (non-hydrogen) atoms. The molecule has 1 aromatic carbocycles. The second-order valence-corrected chi connectivity index (χ2v) is 7.91. The molecule has 1 saturated heterocycles. The van der Waals surface area contributed by atoms with E-state index >= 15 is 0 Å². The van der Waals surface area contributed by atoms with Gasteiger partial charge in [-0.25, -0.2) is 14.2 Å². The quantitative estimate of drug-likeness (QED) is 0.496. The lowest BCUT2D eigenvalue weighted by Crippen LogP contribution is -2.44. The number of pyridine rings is 1. The predicted molar refractivity (Wildman–Crippen MR) is 123 cm³/mol. The van der Waals surface area contributed by atoms with Gasteiger partial charge in [0.2, 0.25) is 5.95 Å². The van der Waals surface area contributed by atoms with Crippen molar-refractivity contribution in [1.29, 1.82) is 0 Å². The van der Waals surface area contributed by atoms with E-state index in [-0.39, 0.29) is 17.3 Å². The summed E-state index contributed by atoms with van der Waals surface area (Å²) < 4.78 is 16.1. The molecule has 2 aromatic heterocycles. The van der Waals surface area contributed by atoms with Crippen molar-refractivity contribution < 1.29 is 9.18 Å². The number of urea groups is 1. The number of anilines is 2. The molecular weight excluding hydrogens is 413 g/mol. The number of fused-ring (bicyclic) bond motifs is 1. The van der Waals surface area contributed by atoms with Crippen LogP contribution in [0.5, 0.6) is 0 Å². The highest BCUT2D eigenvalue weighted by Gasteiger charge is 2.19. The standard InChI is InChI=1S/C22H26FN7O2/c1-12-8-17(23)18(28-22(32)27-14-4-6-25-7-5-14)10-15(12)16-9-13-11-26-21(24-2)29-19(13)30(3)20(16)31/h8-11,14,25H,4-7H2,1-3H3,(H,24,26,29)(H2,27,28,32). The number of hydrogen-bond donors (Lipinski definition) is 4. The first-order valence-electron chi connectivity index (χ1n) is 10.5. The number of benzene rings is 1. The lowest BCUT2D eigenvalue weighted by molar-refractivity contribution is 0.245. The van der Waals surface area contributed by atoms with Gasteiger partial charge in [-0.3, -0.25) is 9.36 Å². The monoisotopic (exact) mass is 439 g/mol. The Kier molecular flexibility index (Phi) is 6.04. The number of aromatic nitrogens is 3. The number of hydrogen-bond acceptors (Lipinski definition) is 6. The lowest BCUT2D eigenvalue weighted by Gasteiger charge is -2.24. The molecule has 9 nitrogen and oxygen atoms in total. The Labute approximate surface area is 184 Å². The van der Waals surface area contributed by atoms with Crippen LogP contribution in [0.25, 0.3) is 22.2 Å². The second-order valence-electron chi connectivity index (χ2n) is 7.91. The molecule has 1 fully saturated rings. The van der Waals surface area contributed by atoms with Crippen molar-refractivity contribution in [2.75, 3.05) is 30.8 Å². The number of aryl methyl sites for hydroxylation is 2. The number of rotatable bonds is 4. The molecule has 168 valence electrons. The van der Waals surface area contributed by atoms with Crippen LogP contribution < -0.4 is 26.8 Å². The van der Waals surface area contributed by atoms with Gasteiger partial charge < -0.3 is 21.3 Å². The fraction of sp³-hybridized carbons (Fsp3) is 0.364. The van der Waals surface area contributed by atoms with Crippen LogP contribution in [0.15, 0.2) is 29.2 Å². The van der Waals surface area contributed by atoms with Crippen molar-refractivity contribution >= 4 is 28.7 Å². The van der Waals surface area contributed by atoms with Crippen molar-refractivity contribution in [2.45, 2.75) is 25.8 Å². The number of carbonyl (C=O) groups excluding carboxylic acids is 1. The zero-order chi connectivity index (χ0) is 22.8. The van der Waals surface area contributed by atoms with Gasteiger partial charge in [0.25, 0.3) is 5.56 Å². The van der Waals surface area contributed by atoms with Crippen molar-refractivity contribution in [2.24, 2.45) is 7.05 Å². The van der Waals surface area contributed by atoms with E-state index in [9.17, 15) is 14.0 Å². The molecule has 3 heterocycles. The zero-order valence-electron chi connectivity index (χ0n) is 18.3. The lowest BCUT2D eigenvalue weighted by atomic mass is 9.99. The summed E-state index contributed by atoms with van der Waals surface area (Å²) in [4.78, 5) is 34.1. The number of nitrogens with one attached hydrogen (secondary N) is 4. The highest BCUT2D eigenvalue weighted by Crippen LogP contribution is 2.28. The number of amides is 2. The third kappa shape index (κ3) is 4.26. The van der Waals surface area contributed by atoms with E-state index in [2.05, 4.69) is 31.2 Å². The van der Waals surface area contributed by atoms with Gasteiger partial charge in [0, 0.05) is 37.3 Å². The average molecular weight is 439 g/mol. The normalized spacial score (nSPS) is 14.4. The average Bonchev–Trinajstić information content (AvgIpc) is 2.78. The van der Waals surface area contributed by atoms with Crippen LogP contribution in [-0.2, 0) is 7.05 Å². The van der Waals surface area contributed by atoms with E-state index in [4.69, 9.17) is 0 Å². The van der Waals surface area contributed by atoms with Crippen LogP contribution >= 0.6 is 0 Å². The van der Waals surface area contributed by atoms with Gasteiger partial charge in [0.05, 0.1) is 5.69 Å². The van der Waals surface area contributed by atoms with E-state index < -0.39 is 11.8 Å². The smallest absolute Gasteiger partial charge is 0.319 e. The largest absolute Gasteiger partial charge is 0.357 e. The highest BCUT2D eigenvalue weighted by atomic mass is 19.1. The van der Waals surface area contributed by atoms with Crippen molar-refractivity contribution in [3.8, 4) is 11.1 Å². The Morgan fingerprint density at radius 1 is 1.22 bits per heavy atom. The van der Waals surface area contributed by atoms with E-state index in [0.717, 1.165) is 25.9 Å². The van der Waals surface area contributed by atoms with Crippen LogP contribution in [0.3, 0.4) is 0 Å². The van der Waals surface area contributed by atoms with Gasteiger partial charge in [-0.15, -0.1) is 0 Å². The summed E-state index contributed by atoms with van der Waals surface area (Å²) in [5.41, 5.74) is 1.71. The summed E-state index contributed by atoms with van der Waals surface area (Å²) in [6, 6.07) is 4.08. The molecule has 3 aromatic rings. The topological polar surface area (TPSA) is 113 Å². The maximum Gasteiger partial charge on any atom is 0.319 e. The molecule has 4 rings (SSSR count). The molecule has 0 unspecified atom stereocenters. The molecule has 0 radical (unpaired) electrons. The zero-order valence-corrected chi connectivity index (χ0v) is 18.3. The van der Waals surface area contributed by atoms with Gasteiger partial charge in [0.15, 0.2) is 0 Å². The Balaban J connectivity index is 1.69. The first-order chi connectivity index (χ1) is 15.4. The van der Waals surface area contributed by atoms with Gasteiger partial charge in [-0.05, 0) is 62.2 Å². The van der Waals surface area contributed by atoms with Crippen molar-refractivity contribution in [1.82, 2.24) is 25.2 Å². The minimum absolute atomic E-state index is 0.0148. The summed E-state index contributed by atoms with van der Waals surface area (Å²) in [5, 5.41) is 12.2. The van der Waals surface area contributed by atoms with Crippen LogP contribution in [0, 0.1) is 12.7 Å². The Morgan fingerprint density at radius 3 is 2.69 bits per heavy atom. The van der Waals surface area contributed by atoms with E-state index in [1.54, 1.807) is 33.3 Å². The molecule has 0 saturated carbocycles. The summed E-state index contributed by atoms with van der Waals surface area (Å²) in [7, 11) is 3.33. The molecule has 0 spiro atoms. The SMILES string of the molecule is CNc1ncc2cc(-c3cc(NC(=O)NC4CCNCC4)c(F)cc3C)c(=O)n(C)c2n1. The molecule has 1 aliphatic rings. The Morgan fingerprint density at radius 2 is 1.97 bits per heavy atom. The summed E-state index contributed by atoms with van der Waals surface area (Å²) in [6.45, 7) is 3.39. The Bertz CT molecular complexity index is 1240. The summed E-state index contributed by atoms with van der Waals surface area (Å²) in [6.07, 6.45) is 3.26. The first kappa shape index (κ1) is 21.7. The minimum Gasteiger partial charge on any atom is -0.357 e. The van der Waals surface area contributed by atoms with Gasteiger partial charge in [0.1, 0.15) is 11.5 Å². The van der Waals surface area contributed by atoms with Crippen LogP contribution in [0.2, 0.25) is 0 Å². The van der Waals surface area contributed by atoms with E-state index in [0.29, 0.717) is 33.7 Å². The number of piperidine rings is 1.